The Labute approximate surface area is 173 Å². The molecule has 1 aliphatic rings. The first-order chi connectivity index (χ1) is 13.9. The van der Waals surface area contributed by atoms with E-state index >= 15 is 0 Å². The standard InChI is InChI=1S/C22H33N5O2/c1-6-23-21(24-13-9-12-19-26-20(15(2)3)27-29-19)25-17-14-22(4,5)28-18-11-8-7-10-16(17)18/h7-8,10-11,15,17H,6,9,12-14H2,1-5H3,(H2,23,24,25). The number of hydrogen-bond acceptors (Lipinski definition) is 5. The molecule has 3 rings (SSSR count). The van der Waals surface area contributed by atoms with Gasteiger partial charge in [0.15, 0.2) is 11.8 Å². The highest BCUT2D eigenvalue weighted by Gasteiger charge is 2.33. The third-order valence-electron chi connectivity index (χ3n) is 4.85. The van der Waals surface area contributed by atoms with Crippen molar-refractivity contribution in [3.63, 3.8) is 0 Å². The van der Waals surface area contributed by atoms with Crippen molar-refractivity contribution in [1.29, 1.82) is 0 Å². The molecule has 29 heavy (non-hydrogen) atoms. The Kier molecular flexibility index (Phi) is 6.77. The summed E-state index contributed by atoms with van der Waals surface area (Å²) in [4.78, 5) is 9.17. The molecule has 2 heterocycles. The summed E-state index contributed by atoms with van der Waals surface area (Å²) >= 11 is 0. The second kappa shape index (κ2) is 9.29. The number of fused-ring (bicyclic) bond motifs is 1. The highest BCUT2D eigenvalue weighted by Crippen LogP contribution is 2.39. The predicted octanol–water partition coefficient (Wildman–Crippen LogP) is 3.98. The molecule has 0 aliphatic carbocycles. The molecule has 7 nitrogen and oxygen atoms in total. The summed E-state index contributed by atoms with van der Waals surface area (Å²) in [5.41, 5.74) is 0.944. The second-order valence-corrected chi connectivity index (χ2v) is 8.37. The molecule has 0 bridgehead atoms. The average Bonchev–Trinajstić information content (AvgIpc) is 3.14. The summed E-state index contributed by atoms with van der Waals surface area (Å²) in [5.74, 6) is 3.48. The number of para-hydroxylation sites is 1. The van der Waals surface area contributed by atoms with Gasteiger partial charge in [0.2, 0.25) is 5.89 Å². The zero-order chi connectivity index (χ0) is 20.9. The first-order valence-electron chi connectivity index (χ1n) is 10.5. The number of rotatable bonds is 7. The first kappa shape index (κ1) is 21.1. The smallest absolute Gasteiger partial charge is 0.226 e. The van der Waals surface area contributed by atoms with Crippen LogP contribution in [0.4, 0.5) is 0 Å². The quantitative estimate of drug-likeness (QED) is 0.416. The van der Waals surface area contributed by atoms with E-state index in [0.717, 1.165) is 43.3 Å². The van der Waals surface area contributed by atoms with Gasteiger partial charge in [-0.2, -0.15) is 4.98 Å². The van der Waals surface area contributed by atoms with Gasteiger partial charge >= 0.3 is 0 Å². The molecule has 1 aromatic heterocycles. The number of guanidine groups is 1. The molecule has 1 aliphatic heterocycles. The lowest BCUT2D eigenvalue weighted by Gasteiger charge is -2.38. The SMILES string of the molecule is CCNC(=NCCCc1nc(C(C)C)no1)NC1CC(C)(C)Oc2ccccc21. The van der Waals surface area contributed by atoms with Gasteiger partial charge in [-0.1, -0.05) is 37.2 Å². The van der Waals surface area contributed by atoms with Crippen molar-refractivity contribution in [3.05, 3.63) is 41.5 Å². The van der Waals surface area contributed by atoms with Gasteiger partial charge in [0, 0.05) is 37.4 Å². The van der Waals surface area contributed by atoms with Gasteiger partial charge in [0.05, 0.1) is 6.04 Å². The van der Waals surface area contributed by atoms with Crippen LogP contribution in [0.5, 0.6) is 5.75 Å². The molecule has 0 spiro atoms. The number of ether oxygens (including phenoxy) is 1. The van der Waals surface area contributed by atoms with Gasteiger partial charge in [-0.3, -0.25) is 4.99 Å². The van der Waals surface area contributed by atoms with E-state index in [2.05, 4.69) is 67.5 Å². The summed E-state index contributed by atoms with van der Waals surface area (Å²) in [5, 5.41) is 11.0. The van der Waals surface area contributed by atoms with E-state index in [4.69, 9.17) is 14.3 Å². The lowest BCUT2D eigenvalue weighted by Crippen LogP contribution is -2.45. The van der Waals surface area contributed by atoms with Crippen molar-refractivity contribution in [1.82, 2.24) is 20.8 Å². The second-order valence-electron chi connectivity index (χ2n) is 8.37. The number of nitrogens with zero attached hydrogens (tertiary/aromatic N) is 3. The molecule has 1 aromatic carbocycles. The van der Waals surface area contributed by atoms with Crippen molar-refractivity contribution < 1.29 is 9.26 Å². The molecular formula is C22H33N5O2. The number of aliphatic imine (C=N–C) groups is 1. The summed E-state index contributed by atoms with van der Waals surface area (Å²) < 4.78 is 11.4. The van der Waals surface area contributed by atoms with Crippen LogP contribution >= 0.6 is 0 Å². The Morgan fingerprint density at radius 3 is 2.83 bits per heavy atom. The maximum Gasteiger partial charge on any atom is 0.226 e. The van der Waals surface area contributed by atoms with Crippen LogP contribution in [0, 0.1) is 0 Å². The Bertz CT molecular complexity index is 828. The fraction of sp³-hybridized carbons (Fsp3) is 0.591. The summed E-state index contributed by atoms with van der Waals surface area (Å²) in [6.45, 7) is 11.9. The van der Waals surface area contributed by atoms with Crippen molar-refractivity contribution in [2.45, 2.75) is 71.4 Å². The van der Waals surface area contributed by atoms with Crippen LogP contribution in [0.1, 0.15) is 76.7 Å². The number of aryl methyl sites for hydroxylation is 1. The Morgan fingerprint density at radius 2 is 2.10 bits per heavy atom. The Balaban J connectivity index is 1.61. The molecule has 2 aromatic rings. The van der Waals surface area contributed by atoms with E-state index in [1.54, 1.807) is 0 Å². The van der Waals surface area contributed by atoms with E-state index < -0.39 is 0 Å². The van der Waals surface area contributed by atoms with E-state index in [1.807, 2.05) is 12.1 Å². The van der Waals surface area contributed by atoms with Crippen molar-refractivity contribution in [3.8, 4) is 5.75 Å². The van der Waals surface area contributed by atoms with Crippen LogP contribution < -0.4 is 15.4 Å². The minimum Gasteiger partial charge on any atom is -0.487 e. The third-order valence-corrected chi connectivity index (χ3v) is 4.85. The molecule has 0 radical (unpaired) electrons. The molecule has 7 heteroatoms. The minimum atomic E-state index is -0.227. The average molecular weight is 400 g/mol. The van der Waals surface area contributed by atoms with E-state index in [-0.39, 0.29) is 17.6 Å². The normalized spacial score (nSPS) is 18.3. The summed E-state index contributed by atoms with van der Waals surface area (Å²) in [7, 11) is 0. The number of aromatic nitrogens is 2. The van der Waals surface area contributed by atoms with Gasteiger partial charge in [0.25, 0.3) is 0 Å². The van der Waals surface area contributed by atoms with Crippen molar-refractivity contribution in [2.24, 2.45) is 4.99 Å². The van der Waals surface area contributed by atoms with Gasteiger partial charge < -0.3 is 19.9 Å². The monoisotopic (exact) mass is 399 g/mol. The molecule has 158 valence electrons. The molecule has 0 saturated carbocycles. The molecule has 0 amide bonds. The highest BCUT2D eigenvalue weighted by atomic mass is 16.5. The lowest BCUT2D eigenvalue weighted by atomic mass is 9.90. The lowest BCUT2D eigenvalue weighted by molar-refractivity contribution is 0.0694. The van der Waals surface area contributed by atoms with Crippen molar-refractivity contribution in [2.75, 3.05) is 13.1 Å². The van der Waals surface area contributed by atoms with Crippen molar-refractivity contribution >= 4 is 5.96 Å². The zero-order valence-corrected chi connectivity index (χ0v) is 18.2. The fourth-order valence-corrected chi connectivity index (χ4v) is 3.44. The zero-order valence-electron chi connectivity index (χ0n) is 18.2. The maximum atomic E-state index is 6.13. The van der Waals surface area contributed by atoms with Crippen LogP contribution in [0.15, 0.2) is 33.8 Å². The van der Waals surface area contributed by atoms with E-state index in [9.17, 15) is 0 Å². The largest absolute Gasteiger partial charge is 0.487 e. The van der Waals surface area contributed by atoms with Crippen LogP contribution in [0.2, 0.25) is 0 Å². The highest BCUT2D eigenvalue weighted by molar-refractivity contribution is 5.80. The molecule has 2 N–H and O–H groups in total. The van der Waals surface area contributed by atoms with Gasteiger partial charge in [-0.15, -0.1) is 0 Å². The predicted molar refractivity (Wildman–Crippen MR) is 114 cm³/mol. The number of benzene rings is 1. The van der Waals surface area contributed by atoms with Gasteiger partial charge in [0.1, 0.15) is 11.4 Å². The molecule has 0 fully saturated rings. The van der Waals surface area contributed by atoms with Gasteiger partial charge in [-0.25, -0.2) is 0 Å². The first-order valence-corrected chi connectivity index (χ1v) is 10.5. The molecule has 1 atom stereocenters. The minimum absolute atomic E-state index is 0.150. The van der Waals surface area contributed by atoms with Crippen LogP contribution in [0.3, 0.4) is 0 Å². The van der Waals surface area contributed by atoms with Crippen LogP contribution in [-0.4, -0.2) is 34.8 Å². The fourth-order valence-electron chi connectivity index (χ4n) is 3.44. The van der Waals surface area contributed by atoms with E-state index in [0.29, 0.717) is 12.4 Å². The number of hydrogen-bond donors (Lipinski definition) is 2. The third kappa shape index (κ3) is 5.71. The Hall–Kier alpha value is -2.57. The summed E-state index contributed by atoms with van der Waals surface area (Å²) in [6, 6.07) is 8.36. The molecule has 0 saturated heterocycles. The molecule has 1 unspecified atom stereocenters. The van der Waals surface area contributed by atoms with Crippen LogP contribution in [-0.2, 0) is 6.42 Å². The summed E-state index contributed by atoms with van der Waals surface area (Å²) in [6.07, 6.45) is 2.45. The van der Waals surface area contributed by atoms with Crippen LogP contribution in [0.25, 0.3) is 0 Å². The molecular weight excluding hydrogens is 366 g/mol. The van der Waals surface area contributed by atoms with E-state index in [1.165, 1.54) is 5.56 Å². The van der Waals surface area contributed by atoms with Gasteiger partial charge in [-0.05, 0) is 33.3 Å². The Morgan fingerprint density at radius 1 is 1.31 bits per heavy atom. The topological polar surface area (TPSA) is 84.6 Å². The maximum absolute atomic E-state index is 6.13. The number of nitrogens with one attached hydrogen (secondary N) is 2.